The maximum Gasteiger partial charge on any atom is 0.140 e. The summed E-state index contributed by atoms with van der Waals surface area (Å²) in [5.74, 6) is 1.25. The summed E-state index contributed by atoms with van der Waals surface area (Å²) < 4.78 is 5.12. The summed E-state index contributed by atoms with van der Waals surface area (Å²) >= 11 is 0. The second-order valence-electron chi connectivity index (χ2n) is 4.30. The van der Waals surface area contributed by atoms with Crippen LogP contribution in [0, 0.1) is 0 Å². The molecular formula is C15H22O2. The Morgan fingerprint density at radius 1 is 1.24 bits per heavy atom. The first-order valence-corrected chi connectivity index (χ1v) is 6.39. The Hall–Kier alpha value is -1.31. The van der Waals surface area contributed by atoms with Crippen LogP contribution in [-0.2, 0) is 4.79 Å². The van der Waals surface area contributed by atoms with Crippen LogP contribution in [0.4, 0.5) is 0 Å². The Labute approximate surface area is 104 Å². The van der Waals surface area contributed by atoms with Gasteiger partial charge in [0, 0.05) is 12.3 Å². The van der Waals surface area contributed by atoms with Gasteiger partial charge in [-0.2, -0.15) is 0 Å². The smallest absolute Gasteiger partial charge is 0.140 e. The lowest BCUT2D eigenvalue weighted by Gasteiger charge is -2.14. The molecule has 0 aliphatic heterocycles. The topological polar surface area (TPSA) is 26.3 Å². The standard InChI is InChI=1S/C15H22O2/c1-4-6-7-15(16)14(5-2)12-8-10-13(17-3)11-9-12/h8-11,14H,4-7H2,1-3H3. The lowest BCUT2D eigenvalue weighted by molar-refractivity contribution is -0.120. The van der Waals surface area contributed by atoms with Crippen LogP contribution in [0.2, 0.25) is 0 Å². The molecular weight excluding hydrogens is 212 g/mol. The Morgan fingerprint density at radius 3 is 2.35 bits per heavy atom. The van der Waals surface area contributed by atoms with Gasteiger partial charge in [0.25, 0.3) is 0 Å². The molecule has 2 heteroatoms. The Balaban J connectivity index is 2.74. The van der Waals surface area contributed by atoms with E-state index in [-0.39, 0.29) is 5.92 Å². The van der Waals surface area contributed by atoms with Crippen LogP contribution in [0.15, 0.2) is 24.3 Å². The van der Waals surface area contributed by atoms with Gasteiger partial charge < -0.3 is 4.74 Å². The first kappa shape index (κ1) is 13.8. The van der Waals surface area contributed by atoms with E-state index in [0.717, 1.165) is 30.6 Å². The van der Waals surface area contributed by atoms with E-state index >= 15 is 0 Å². The van der Waals surface area contributed by atoms with Gasteiger partial charge in [-0.15, -0.1) is 0 Å². The molecule has 0 bridgehead atoms. The number of carbonyl (C=O) groups excluding carboxylic acids is 1. The molecule has 0 spiro atoms. The molecule has 0 N–H and O–H groups in total. The van der Waals surface area contributed by atoms with Crippen LogP contribution in [0.5, 0.6) is 5.75 Å². The van der Waals surface area contributed by atoms with E-state index in [9.17, 15) is 4.79 Å². The molecule has 1 aromatic carbocycles. The van der Waals surface area contributed by atoms with E-state index in [1.807, 2.05) is 24.3 Å². The molecule has 1 aromatic rings. The molecule has 94 valence electrons. The zero-order valence-electron chi connectivity index (χ0n) is 11.0. The normalized spacial score (nSPS) is 12.2. The lowest BCUT2D eigenvalue weighted by atomic mass is 9.90. The van der Waals surface area contributed by atoms with Gasteiger partial charge in [0.1, 0.15) is 11.5 Å². The van der Waals surface area contributed by atoms with Gasteiger partial charge in [-0.3, -0.25) is 4.79 Å². The molecule has 0 aliphatic carbocycles. The van der Waals surface area contributed by atoms with Crippen molar-refractivity contribution in [1.82, 2.24) is 0 Å². The minimum Gasteiger partial charge on any atom is -0.497 e. The quantitative estimate of drug-likeness (QED) is 0.714. The third-order valence-corrected chi connectivity index (χ3v) is 3.09. The van der Waals surface area contributed by atoms with E-state index in [2.05, 4.69) is 13.8 Å². The monoisotopic (exact) mass is 234 g/mol. The summed E-state index contributed by atoms with van der Waals surface area (Å²) in [6.07, 6.45) is 3.63. The predicted molar refractivity (Wildman–Crippen MR) is 70.6 cm³/mol. The number of rotatable bonds is 7. The lowest BCUT2D eigenvalue weighted by Crippen LogP contribution is -2.11. The summed E-state index contributed by atoms with van der Waals surface area (Å²) in [6.45, 7) is 4.18. The van der Waals surface area contributed by atoms with E-state index < -0.39 is 0 Å². The second kappa shape index (κ2) is 7.10. The highest BCUT2D eigenvalue weighted by atomic mass is 16.5. The molecule has 1 rings (SSSR count). The predicted octanol–water partition coefficient (Wildman–Crippen LogP) is 3.95. The molecule has 0 saturated heterocycles. The first-order chi connectivity index (χ1) is 8.22. The summed E-state index contributed by atoms with van der Waals surface area (Å²) in [5.41, 5.74) is 1.11. The van der Waals surface area contributed by atoms with Crippen LogP contribution >= 0.6 is 0 Å². The van der Waals surface area contributed by atoms with Gasteiger partial charge in [-0.05, 0) is 30.5 Å². The molecule has 0 heterocycles. The number of methoxy groups -OCH3 is 1. The Bertz CT molecular complexity index is 340. The van der Waals surface area contributed by atoms with Gasteiger partial charge in [0.15, 0.2) is 0 Å². The van der Waals surface area contributed by atoms with E-state index in [1.165, 1.54) is 0 Å². The van der Waals surface area contributed by atoms with Crippen molar-refractivity contribution in [1.29, 1.82) is 0 Å². The van der Waals surface area contributed by atoms with Crippen molar-refractivity contribution in [2.45, 2.75) is 45.4 Å². The fourth-order valence-electron chi connectivity index (χ4n) is 2.01. The molecule has 17 heavy (non-hydrogen) atoms. The zero-order chi connectivity index (χ0) is 12.7. The molecule has 1 unspecified atom stereocenters. The maximum atomic E-state index is 12.1. The van der Waals surface area contributed by atoms with Crippen LogP contribution < -0.4 is 4.74 Å². The van der Waals surface area contributed by atoms with Crippen molar-refractivity contribution in [2.75, 3.05) is 7.11 Å². The number of unbranched alkanes of at least 4 members (excludes halogenated alkanes) is 1. The first-order valence-electron chi connectivity index (χ1n) is 6.39. The summed E-state index contributed by atoms with van der Waals surface area (Å²) in [4.78, 5) is 12.1. The molecule has 0 aromatic heterocycles. The Kier molecular flexibility index (Phi) is 5.75. The third-order valence-electron chi connectivity index (χ3n) is 3.09. The van der Waals surface area contributed by atoms with Crippen molar-refractivity contribution in [3.8, 4) is 5.75 Å². The van der Waals surface area contributed by atoms with Crippen LogP contribution in [-0.4, -0.2) is 12.9 Å². The van der Waals surface area contributed by atoms with Crippen LogP contribution in [0.3, 0.4) is 0 Å². The molecule has 2 nitrogen and oxygen atoms in total. The summed E-state index contributed by atoms with van der Waals surface area (Å²) in [5, 5.41) is 0. The van der Waals surface area contributed by atoms with Gasteiger partial charge >= 0.3 is 0 Å². The SMILES string of the molecule is CCCCC(=O)C(CC)c1ccc(OC)cc1. The highest BCUT2D eigenvalue weighted by molar-refractivity contribution is 5.85. The van der Waals surface area contributed by atoms with Crippen LogP contribution in [0.1, 0.15) is 51.0 Å². The van der Waals surface area contributed by atoms with Crippen molar-refractivity contribution in [2.24, 2.45) is 0 Å². The number of ether oxygens (including phenoxy) is 1. The summed E-state index contributed by atoms with van der Waals surface area (Å²) in [7, 11) is 1.65. The molecule has 0 radical (unpaired) electrons. The highest BCUT2D eigenvalue weighted by Crippen LogP contribution is 2.24. The number of ketones is 1. The largest absolute Gasteiger partial charge is 0.497 e. The molecule has 0 amide bonds. The van der Waals surface area contributed by atoms with Gasteiger partial charge in [0.05, 0.1) is 7.11 Å². The number of benzene rings is 1. The van der Waals surface area contributed by atoms with Gasteiger partial charge in [0.2, 0.25) is 0 Å². The minimum absolute atomic E-state index is 0.0486. The molecule has 1 atom stereocenters. The average Bonchev–Trinajstić information content (AvgIpc) is 2.38. The van der Waals surface area contributed by atoms with Crippen molar-refractivity contribution in [3.63, 3.8) is 0 Å². The summed E-state index contributed by atoms with van der Waals surface area (Å²) in [6, 6.07) is 7.84. The van der Waals surface area contributed by atoms with E-state index in [0.29, 0.717) is 12.2 Å². The van der Waals surface area contributed by atoms with Crippen LogP contribution in [0.25, 0.3) is 0 Å². The molecule has 0 fully saturated rings. The highest BCUT2D eigenvalue weighted by Gasteiger charge is 2.17. The van der Waals surface area contributed by atoms with Crippen molar-refractivity contribution in [3.05, 3.63) is 29.8 Å². The maximum absolute atomic E-state index is 12.1. The number of carbonyl (C=O) groups is 1. The minimum atomic E-state index is 0.0486. The fourth-order valence-corrected chi connectivity index (χ4v) is 2.01. The van der Waals surface area contributed by atoms with E-state index in [1.54, 1.807) is 7.11 Å². The number of hydrogen-bond donors (Lipinski definition) is 0. The van der Waals surface area contributed by atoms with Gasteiger partial charge in [-0.25, -0.2) is 0 Å². The van der Waals surface area contributed by atoms with Crippen molar-refractivity contribution >= 4 is 5.78 Å². The molecule has 0 saturated carbocycles. The van der Waals surface area contributed by atoms with Gasteiger partial charge in [-0.1, -0.05) is 32.4 Å². The number of Topliss-reactive ketones (excluding diaryl/α,β-unsaturated/α-hetero) is 1. The second-order valence-corrected chi connectivity index (χ2v) is 4.30. The van der Waals surface area contributed by atoms with E-state index in [4.69, 9.17) is 4.74 Å². The average molecular weight is 234 g/mol. The molecule has 0 aliphatic rings. The fraction of sp³-hybridized carbons (Fsp3) is 0.533. The third kappa shape index (κ3) is 3.88. The van der Waals surface area contributed by atoms with Crippen molar-refractivity contribution < 1.29 is 9.53 Å². The Morgan fingerprint density at radius 2 is 1.88 bits per heavy atom. The number of hydrogen-bond acceptors (Lipinski definition) is 2. The zero-order valence-corrected chi connectivity index (χ0v) is 11.0.